The van der Waals surface area contributed by atoms with Gasteiger partial charge < -0.3 is 19.5 Å². The maximum absolute atomic E-state index is 13.2. The number of rotatable bonds is 8. The molecule has 35 heavy (non-hydrogen) atoms. The largest absolute Gasteiger partial charge is 0.497 e. The Labute approximate surface area is 207 Å². The molecule has 1 amide bonds. The number of carbonyl (C=O) groups is 1. The van der Waals surface area contributed by atoms with Crippen LogP contribution in [-0.4, -0.2) is 44.7 Å². The molecule has 6 nitrogen and oxygen atoms in total. The zero-order valence-corrected chi connectivity index (χ0v) is 21.1. The van der Waals surface area contributed by atoms with Crippen LogP contribution in [0.2, 0.25) is 0 Å². The minimum Gasteiger partial charge on any atom is -0.497 e. The minimum absolute atomic E-state index is 0.0329. The van der Waals surface area contributed by atoms with Crippen LogP contribution in [0, 0.1) is 6.92 Å². The lowest BCUT2D eigenvalue weighted by atomic mass is 9.87. The second-order valence-corrected chi connectivity index (χ2v) is 9.05. The Bertz CT molecular complexity index is 1180. The highest BCUT2D eigenvalue weighted by Gasteiger charge is 2.34. The Morgan fingerprint density at radius 3 is 2.40 bits per heavy atom. The number of ether oxygens (including phenoxy) is 3. The highest BCUT2D eigenvalue weighted by molar-refractivity contribution is 5.94. The van der Waals surface area contributed by atoms with Crippen LogP contribution >= 0.6 is 0 Å². The van der Waals surface area contributed by atoms with Gasteiger partial charge in [0, 0.05) is 24.7 Å². The normalized spacial score (nSPS) is 16.2. The smallest absolute Gasteiger partial charge is 0.251 e. The van der Waals surface area contributed by atoms with Crippen LogP contribution < -0.4 is 19.5 Å². The molecule has 3 aromatic carbocycles. The average molecular weight is 475 g/mol. The van der Waals surface area contributed by atoms with Gasteiger partial charge in [-0.3, -0.25) is 9.69 Å². The van der Waals surface area contributed by atoms with Crippen molar-refractivity contribution in [2.45, 2.75) is 38.9 Å². The van der Waals surface area contributed by atoms with Gasteiger partial charge >= 0.3 is 0 Å². The van der Waals surface area contributed by atoms with Crippen LogP contribution in [0.5, 0.6) is 17.2 Å². The van der Waals surface area contributed by atoms with Gasteiger partial charge in [0.05, 0.1) is 27.4 Å². The van der Waals surface area contributed by atoms with Gasteiger partial charge in [0.25, 0.3) is 5.91 Å². The summed E-state index contributed by atoms with van der Waals surface area (Å²) in [5.41, 5.74) is 5.43. The number of amides is 1. The van der Waals surface area contributed by atoms with Crippen molar-refractivity contribution in [1.82, 2.24) is 10.2 Å². The summed E-state index contributed by atoms with van der Waals surface area (Å²) in [7, 11) is 4.91. The quantitative estimate of drug-likeness (QED) is 0.501. The molecule has 2 atom stereocenters. The van der Waals surface area contributed by atoms with E-state index in [0.717, 1.165) is 30.8 Å². The van der Waals surface area contributed by atoms with Crippen LogP contribution in [-0.2, 0) is 13.0 Å². The van der Waals surface area contributed by atoms with Crippen molar-refractivity contribution >= 4 is 5.91 Å². The molecule has 0 saturated heterocycles. The van der Waals surface area contributed by atoms with Gasteiger partial charge in [0.15, 0.2) is 11.5 Å². The van der Waals surface area contributed by atoms with E-state index in [2.05, 4.69) is 60.5 Å². The van der Waals surface area contributed by atoms with Crippen LogP contribution in [0.25, 0.3) is 0 Å². The van der Waals surface area contributed by atoms with Gasteiger partial charge in [0.2, 0.25) is 0 Å². The van der Waals surface area contributed by atoms with Crippen molar-refractivity contribution in [3.63, 3.8) is 0 Å². The molecule has 1 heterocycles. The molecule has 184 valence electrons. The summed E-state index contributed by atoms with van der Waals surface area (Å²) < 4.78 is 16.5. The zero-order valence-electron chi connectivity index (χ0n) is 21.1. The summed E-state index contributed by atoms with van der Waals surface area (Å²) in [4.78, 5) is 15.6. The summed E-state index contributed by atoms with van der Waals surface area (Å²) >= 11 is 0. The molecule has 1 aliphatic heterocycles. The summed E-state index contributed by atoms with van der Waals surface area (Å²) in [6, 6.07) is 19.8. The van der Waals surface area contributed by atoms with E-state index in [0.29, 0.717) is 17.1 Å². The van der Waals surface area contributed by atoms with Crippen molar-refractivity contribution < 1.29 is 19.0 Å². The van der Waals surface area contributed by atoms with E-state index in [4.69, 9.17) is 14.2 Å². The molecule has 2 unspecified atom stereocenters. The first-order valence-corrected chi connectivity index (χ1v) is 11.9. The van der Waals surface area contributed by atoms with Crippen LogP contribution in [0.1, 0.15) is 45.6 Å². The number of hydrogen-bond donors (Lipinski definition) is 1. The predicted molar refractivity (Wildman–Crippen MR) is 138 cm³/mol. The molecular formula is C29H34N2O4. The fourth-order valence-corrected chi connectivity index (χ4v) is 4.85. The number of fused-ring (bicyclic) bond motifs is 1. The van der Waals surface area contributed by atoms with E-state index in [1.54, 1.807) is 33.5 Å². The molecule has 0 spiro atoms. The molecule has 0 radical (unpaired) electrons. The molecular weight excluding hydrogens is 440 g/mol. The number of aryl methyl sites for hydroxylation is 1. The van der Waals surface area contributed by atoms with Crippen molar-refractivity contribution in [1.29, 1.82) is 0 Å². The topological polar surface area (TPSA) is 60.0 Å². The monoisotopic (exact) mass is 474 g/mol. The fourth-order valence-electron chi connectivity index (χ4n) is 4.85. The predicted octanol–water partition coefficient (Wildman–Crippen LogP) is 4.94. The number of benzene rings is 3. The van der Waals surface area contributed by atoms with Crippen LogP contribution in [0.4, 0.5) is 0 Å². The SMILES string of the molecule is COc1cccc(C(=O)NC(C)C2c3cc(OC)c(OC)cc3CCN2Cc2ccc(C)cc2)c1. The molecule has 1 N–H and O–H groups in total. The first-order chi connectivity index (χ1) is 16.9. The maximum atomic E-state index is 13.2. The molecule has 3 aromatic rings. The zero-order chi connectivity index (χ0) is 24.9. The summed E-state index contributed by atoms with van der Waals surface area (Å²) in [6.45, 7) is 5.83. The molecule has 0 aromatic heterocycles. The molecule has 0 aliphatic carbocycles. The second kappa shape index (κ2) is 10.8. The lowest BCUT2D eigenvalue weighted by Crippen LogP contribution is -2.47. The first kappa shape index (κ1) is 24.6. The third-order valence-corrected chi connectivity index (χ3v) is 6.70. The lowest BCUT2D eigenvalue weighted by Gasteiger charge is -2.41. The summed E-state index contributed by atoms with van der Waals surface area (Å²) in [6.07, 6.45) is 0.897. The van der Waals surface area contributed by atoms with Crippen molar-refractivity contribution in [2.24, 2.45) is 0 Å². The van der Waals surface area contributed by atoms with Gasteiger partial charge in [-0.05, 0) is 67.3 Å². The van der Waals surface area contributed by atoms with Crippen molar-refractivity contribution in [2.75, 3.05) is 27.9 Å². The van der Waals surface area contributed by atoms with E-state index < -0.39 is 0 Å². The highest BCUT2D eigenvalue weighted by Crippen LogP contribution is 2.40. The van der Waals surface area contributed by atoms with E-state index in [1.165, 1.54) is 16.7 Å². The maximum Gasteiger partial charge on any atom is 0.251 e. The minimum atomic E-state index is -0.156. The van der Waals surface area contributed by atoms with E-state index >= 15 is 0 Å². The van der Waals surface area contributed by atoms with Crippen molar-refractivity contribution in [3.8, 4) is 17.2 Å². The molecule has 0 saturated carbocycles. The standard InChI is InChI=1S/C29H34N2O4/c1-19-9-11-21(12-10-19)18-31-14-13-22-16-26(34-4)27(35-5)17-25(22)28(31)20(2)30-29(32)23-7-6-8-24(15-23)33-3/h6-12,15-17,20,28H,13-14,18H2,1-5H3,(H,30,32). The third-order valence-electron chi connectivity index (χ3n) is 6.70. The van der Waals surface area contributed by atoms with Gasteiger partial charge in [-0.25, -0.2) is 0 Å². The number of nitrogens with one attached hydrogen (secondary N) is 1. The molecule has 6 heteroatoms. The van der Waals surface area contributed by atoms with Crippen LogP contribution in [0.15, 0.2) is 60.7 Å². The Balaban J connectivity index is 1.67. The van der Waals surface area contributed by atoms with Gasteiger partial charge in [-0.15, -0.1) is 0 Å². The second-order valence-electron chi connectivity index (χ2n) is 9.05. The summed E-state index contributed by atoms with van der Waals surface area (Å²) in [5, 5.41) is 3.24. The summed E-state index contributed by atoms with van der Waals surface area (Å²) in [5.74, 6) is 1.95. The third kappa shape index (κ3) is 5.43. The lowest BCUT2D eigenvalue weighted by molar-refractivity contribution is 0.0877. The van der Waals surface area contributed by atoms with E-state index in [9.17, 15) is 4.79 Å². The van der Waals surface area contributed by atoms with E-state index in [1.807, 2.05) is 12.1 Å². The number of hydrogen-bond acceptors (Lipinski definition) is 5. The Kier molecular flexibility index (Phi) is 7.61. The Hall–Kier alpha value is -3.51. The molecule has 0 fully saturated rings. The van der Waals surface area contributed by atoms with Crippen molar-refractivity contribution in [3.05, 3.63) is 88.5 Å². The number of carbonyl (C=O) groups excluding carboxylic acids is 1. The van der Waals surface area contributed by atoms with E-state index in [-0.39, 0.29) is 18.0 Å². The van der Waals surface area contributed by atoms with Gasteiger partial charge in [-0.1, -0.05) is 35.9 Å². The molecule has 0 bridgehead atoms. The first-order valence-electron chi connectivity index (χ1n) is 11.9. The number of methoxy groups -OCH3 is 3. The highest BCUT2D eigenvalue weighted by atomic mass is 16.5. The Morgan fingerprint density at radius 1 is 1.00 bits per heavy atom. The molecule has 1 aliphatic rings. The molecule has 4 rings (SSSR count). The van der Waals surface area contributed by atoms with Gasteiger partial charge in [0.1, 0.15) is 5.75 Å². The number of nitrogens with zero attached hydrogens (tertiary/aromatic N) is 1. The Morgan fingerprint density at radius 2 is 1.71 bits per heavy atom. The van der Waals surface area contributed by atoms with Gasteiger partial charge in [-0.2, -0.15) is 0 Å². The average Bonchev–Trinajstić information content (AvgIpc) is 2.88. The fraction of sp³-hybridized carbons (Fsp3) is 0.345. The van der Waals surface area contributed by atoms with Crippen LogP contribution in [0.3, 0.4) is 0 Å².